The van der Waals surface area contributed by atoms with Gasteiger partial charge in [0.25, 0.3) is 0 Å². The van der Waals surface area contributed by atoms with E-state index in [1.165, 1.54) is 5.56 Å². The average molecular weight is 413 g/mol. The Kier molecular flexibility index (Phi) is 6.94. The fraction of sp³-hybridized carbons (Fsp3) is 0.632. The molecule has 0 aliphatic carbocycles. The molecule has 0 amide bonds. The Balaban J connectivity index is 1.56. The van der Waals surface area contributed by atoms with E-state index < -0.39 is 9.84 Å². The third kappa shape index (κ3) is 5.80. The number of nitrogens with one attached hydrogen (secondary N) is 1. The van der Waals surface area contributed by atoms with E-state index >= 15 is 0 Å². The van der Waals surface area contributed by atoms with E-state index in [9.17, 15) is 8.42 Å². The second kappa shape index (κ2) is 9.21. The molecule has 0 aromatic heterocycles. The summed E-state index contributed by atoms with van der Waals surface area (Å²) in [6.45, 7) is 2.14. The van der Waals surface area contributed by atoms with Gasteiger partial charge in [-0.15, -0.1) is 0 Å². The third-order valence-corrected chi connectivity index (χ3v) is 7.31. The molecule has 2 fully saturated rings. The van der Waals surface area contributed by atoms with E-state index in [2.05, 4.69) is 5.32 Å². The smallest absolute Gasteiger partial charge is 0.169 e. The molecule has 6 nitrogen and oxygen atoms in total. The van der Waals surface area contributed by atoms with Crippen molar-refractivity contribution in [3.05, 3.63) is 29.8 Å². The van der Waals surface area contributed by atoms with Crippen LogP contribution in [-0.4, -0.2) is 68.9 Å². The van der Waals surface area contributed by atoms with E-state index in [0.717, 1.165) is 31.6 Å². The van der Waals surface area contributed by atoms with Crippen molar-refractivity contribution >= 4 is 27.2 Å². The molecule has 0 unspecified atom stereocenters. The van der Waals surface area contributed by atoms with Crippen LogP contribution in [0.2, 0.25) is 0 Å². The molecular formula is C19H28N2O4S2. The minimum absolute atomic E-state index is 0.0554. The second-order valence-corrected chi connectivity index (χ2v) is 9.79. The zero-order chi connectivity index (χ0) is 19.3. The van der Waals surface area contributed by atoms with Gasteiger partial charge in [0.2, 0.25) is 0 Å². The van der Waals surface area contributed by atoms with Gasteiger partial charge in [0.1, 0.15) is 5.75 Å². The highest BCUT2D eigenvalue weighted by Crippen LogP contribution is 2.21. The standard InChI is InChI=1S/C19H28N2O4S2/c1-24-17-6-4-15(5-7-17)8-10-20-19(26)21(13-18-3-2-11-25-18)16-9-12-27(22,23)14-16/h4-7,16,18H,2-3,8-14H2,1H3,(H,20,26)/t16-,18+/m1/s1. The zero-order valence-electron chi connectivity index (χ0n) is 15.7. The Morgan fingerprint density at radius 2 is 2.11 bits per heavy atom. The van der Waals surface area contributed by atoms with Crippen molar-refractivity contribution in [3.63, 3.8) is 0 Å². The van der Waals surface area contributed by atoms with Crippen LogP contribution in [0.1, 0.15) is 24.8 Å². The topological polar surface area (TPSA) is 67.9 Å². The number of ether oxygens (including phenoxy) is 2. The van der Waals surface area contributed by atoms with Gasteiger partial charge < -0.3 is 19.7 Å². The number of methoxy groups -OCH3 is 1. The molecule has 8 heteroatoms. The Labute approximate surface area is 167 Å². The summed E-state index contributed by atoms with van der Waals surface area (Å²) in [6.07, 6.45) is 3.66. The van der Waals surface area contributed by atoms with E-state index in [1.54, 1.807) is 7.11 Å². The molecule has 1 aromatic carbocycles. The van der Waals surface area contributed by atoms with Gasteiger partial charge in [0.15, 0.2) is 14.9 Å². The van der Waals surface area contributed by atoms with Crippen LogP contribution >= 0.6 is 12.2 Å². The first kappa shape index (κ1) is 20.4. The fourth-order valence-corrected chi connectivity index (χ4v) is 5.69. The molecule has 2 aliphatic heterocycles. The van der Waals surface area contributed by atoms with Gasteiger partial charge in [-0.2, -0.15) is 0 Å². The number of thiocarbonyl (C=S) groups is 1. The highest BCUT2D eigenvalue weighted by atomic mass is 32.2. The Morgan fingerprint density at radius 3 is 2.70 bits per heavy atom. The van der Waals surface area contributed by atoms with Crippen LogP contribution in [0.3, 0.4) is 0 Å². The third-order valence-electron chi connectivity index (χ3n) is 5.18. The van der Waals surface area contributed by atoms with Crippen LogP contribution in [-0.2, 0) is 21.0 Å². The molecule has 2 atom stereocenters. The lowest BCUT2D eigenvalue weighted by molar-refractivity contribution is 0.0842. The first-order chi connectivity index (χ1) is 13.0. The van der Waals surface area contributed by atoms with Crippen molar-refractivity contribution in [2.24, 2.45) is 0 Å². The molecule has 0 spiro atoms. The molecule has 2 saturated heterocycles. The molecule has 150 valence electrons. The van der Waals surface area contributed by atoms with Crippen molar-refractivity contribution in [1.82, 2.24) is 10.2 Å². The Hall–Kier alpha value is -1.38. The second-order valence-electron chi connectivity index (χ2n) is 7.17. The van der Waals surface area contributed by atoms with Crippen LogP contribution in [0, 0.1) is 0 Å². The van der Waals surface area contributed by atoms with Crippen LogP contribution in [0.5, 0.6) is 5.75 Å². The predicted molar refractivity (Wildman–Crippen MR) is 110 cm³/mol. The predicted octanol–water partition coefficient (Wildman–Crippen LogP) is 1.78. The number of sulfone groups is 1. The molecule has 0 saturated carbocycles. The van der Waals surface area contributed by atoms with E-state index in [1.807, 2.05) is 29.2 Å². The van der Waals surface area contributed by atoms with Gasteiger partial charge in [-0.3, -0.25) is 0 Å². The van der Waals surface area contributed by atoms with Gasteiger partial charge in [-0.1, -0.05) is 12.1 Å². The largest absolute Gasteiger partial charge is 0.497 e. The maximum absolute atomic E-state index is 11.9. The van der Waals surface area contributed by atoms with Crippen molar-refractivity contribution in [3.8, 4) is 5.75 Å². The molecule has 3 rings (SSSR count). The molecule has 1 aromatic rings. The van der Waals surface area contributed by atoms with E-state index in [-0.39, 0.29) is 23.7 Å². The van der Waals surface area contributed by atoms with Crippen LogP contribution in [0.4, 0.5) is 0 Å². The summed E-state index contributed by atoms with van der Waals surface area (Å²) >= 11 is 5.62. The quantitative estimate of drug-likeness (QED) is 0.685. The van der Waals surface area contributed by atoms with Gasteiger partial charge in [0.05, 0.1) is 24.7 Å². The summed E-state index contributed by atoms with van der Waals surface area (Å²) < 4.78 is 34.8. The normalized spacial score (nSPS) is 23.9. The number of benzene rings is 1. The maximum Gasteiger partial charge on any atom is 0.169 e. The fourth-order valence-electron chi connectivity index (χ4n) is 3.63. The van der Waals surface area contributed by atoms with E-state index in [4.69, 9.17) is 21.7 Å². The van der Waals surface area contributed by atoms with Gasteiger partial charge in [-0.25, -0.2) is 8.42 Å². The lowest BCUT2D eigenvalue weighted by Crippen LogP contribution is -2.50. The van der Waals surface area contributed by atoms with Crippen molar-refractivity contribution in [2.45, 2.75) is 37.8 Å². The summed E-state index contributed by atoms with van der Waals surface area (Å²) in [5.74, 6) is 1.26. The van der Waals surface area contributed by atoms with Gasteiger partial charge in [0, 0.05) is 25.7 Å². The monoisotopic (exact) mass is 412 g/mol. The summed E-state index contributed by atoms with van der Waals surface area (Å²) in [5, 5.41) is 3.94. The molecule has 0 bridgehead atoms. The lowest BCUT2D eigenvalue weighted by atomic mass is 10.1. The first-order valence-electron chi connectivity index (χ1n) is 9.46. The van der Waals surface area contributed by atoms with Crippen molar-refractivity contribution in [2.75, 3.05) is 38.3 Å². The molecule has 2 heterocycles. The zero-order valence-corrected chi connectivity index (χ0v) is 17.4. The van der Waals surface area contributed by atoms with Crippen molar-refractivity contribution < 1.29 is 17.9 Å². The maximum atomic E-state index is 11.9. The summed E-state index contributed by atoms with van der Waals surface area (Å²) in [5.41, 5.74) is 1.19. The minimum atomic E-state index is -2.96. The highest BCUT2D eigenvalue weighted by molar-refractivity contribution is 7.91. The number of hydrogen-bond donors (Lipinski definition) is 1. The summed E-state index contributed by atoms with van der Waals surface area (Å²) in [4.78, 5) is 2.05. The number of rotatable bonds is 7. The molecule has 2 aliphatic rings. The van der Waals surface area contributed by atoms with Crippen LogP contribution in [0.25, 0.3) is 0 Å². The number of nitrogens with zero attached hydrogens (tertiary/aromatic N) is 1. The van der Waals surface area contributed by atoms with Crippen LogP contribution in [0.15, 0.2) is 24.3 Å². The van der Waals surface area contributed by atoms with Crippen molar-refractivity contribution in [1.29, 1.82) is 0 Å². The Morgan fingerprint density at radius 1 is 1.33 bits per heavy atom. The van der Waals surface area contributed by atoms with E-state index in [0.29, 0.717) is 24.6 Å². The van der Waals surface area contributed by atoms with Gasteiger partial charge in [-0.05, 0) is 55.6 Å². The molecule has 27 heavy (non-hydrogen) atoms. The molecule has 1 N–H and O–H groups in total. The van der Waals surface area contributed by atoms with Gasteiger partial charge >= 0.3 is 0 Å². The summed E-state index contributed by atoms with van der Waals surface area (Å²) in [7, 11) is -1.31. The Bertz CT molecular complexity index is 731. The summed E-state index contributed by atoms with van der Waals surface area (Å²) in [6, 6.07) is 7.91. The van der Waals surface area contributed by atoms with Crippen LogP contribution < -0.4 is 10.1 Å². The minimum Gasteiger partial charge on any atom is -0.497 e. The highest BCUT2D eigenvalue weighted by Gasteiger charge is 2.35. The number of hydrogen-bond acceptors (Lipinski definition) is 5. The first-order valence-corrected chi connectivity index (χ1v) is 11.7. The average Bonchev–Trinajstić information content (AvgIpc) is 3.29. The molecular weight excluding hydrogens is 384 g/mol. The SMILES string of the molecule is COc1ccc(CCNC(=S)N(C[C@@H]2CCCO2)[C@@H]2CCS(=O)(=O)C2)cc1. The lowest BCUT2D eigenvalue weighted by Gasteiger charge is -2.33. The molecule has 0 radical (unpaired) electrons.